The lowest BCUT2D eigenvalue weighted by molar-refractivity contribution is 0.112. The minimum Gasteiger partial charge on any atom is -0.370 e. The van der Waals surface area contributed by atoms with E-state index >= 15 is 0 Å². The summed E-state index contributed by atoms with van der Waals surface area (Å²) in [4.78, 5) is 26.6. The number of para-hydroxylation sites is 1. The molecule has 0 atom stereocenters. The number of piperidine rings is 1. The lowest BCUT2D eigenvalue weighted by Gasteiger charge is -2.38. The Labute approximate surface area is 218 Å². The molecule has 2 N–H and O–H groups in total. The Hall–Kier alpha value is -4.38. The fourth-order valence-corrected chi connectivity index (χ4v) is 5.33. The second kappa shape index (κ2) is 11.6. The van der Waals surface area contributed by atoms with Crippen LogP contribution >= 0.6 is 0 Å². The van der Waals surface area contributed by atoms with Gasteiger partial charge in [0.1, 0.15) is 6.29 Å². The number of amides is 2. The highest BCUT2D eigenvalue weighted by molar-refractivity contribution is 6.02. The summed E-state index contributed by atoms with van der Waals surface area (Å²) in [5, 5.41) is 5.86. The molecule has 0 aliphatic carbocycles. The maximum Gasteiger partial charge on any atom is 0.323 e. The van der Waals surface area contributed by atoms with Crippen molar-refractivity contribution in [1.82, 2.24) is 0 Å². The number of carbonyl (C=O) groups excluding carboxylic acids is 2. The number of urea groups is 1. The van der Waals surface area contributed by atoms with Gasteiger partial charge in [0.05, 0.1) is 11.4 Å². The first-order valence-corrected chi connectivity index (χ1v) is 12.8. The molecule has 0 spiro atoms. The summed E-state index contributed by atoms with van der Waals surface area (Å²) in [6.45, 7) is 1.69. The molecular formula is C32H31N3O2. The van der Waals surface area contributed by atoms with Crippen LogP contribution in [0.4, 0.5) is 21.9 Å². The van der Waals surface area contributed by atoms with Crippen LogP contribution in [0.15, 0.2) is 109 Å². The fraction of sp³-hybridized carbons (Fsp3) is 0.188. The summed E-state index contributed by atoms with van der Waals surface area (Å²) >= 11 is 0. The zero-order valence-electron chi connectivity index (χ0n) is 20.7. The Kier molecular flexibility index (Phi) is 7.60. The predicted molar refractivity (Wildman–Crippen MR) is 151 cm³/mol. The number of carbonyl (C=O) groups is 2. The second-order valence-corrected chi connectivity index (χ2v) is 9.46. The molecule has 1 aliphatic rings. The first kappa shape index (κ1) is 24.3. The van der Waals surface area contributed by atoms with E-state index in [1.807, 2.05) is 42.5 Å². The van der Waals surface area contributed by atoms with Crippen molar-refractivity contribution in [3.05, 3.63) is 126 Å². The van der Waals surface area contributed by atoms with Gasteiger partial charge in [-0.3, -0.25) is 4.79 Å². The molecule has 0 bridgehead atoms. The van der Waals surface area contributed by atoms with Crippen LogP contribution in [0.25, 0.3) is 0 Å². The lowest BCUT2D eigenvalue weighted by atomic mass is 9.76. The van der Waals surface area contributed by atoms with E-state index in [2.05, 4.69) is 76.2 Å². The number of hydrogen-bond donors (Lipinski definition) is 2. The molecule has 0 aromatic heterocycles. The van der Waals surface area contributed by atoms with E-state index in [4.69, 9.17) is 0 Å². The summed E-state index contributed by atoms with van der Waals surface area (Å²) in [6, 6.07) is 36.0. The summed E-state index contributed by atoms with van der Waals surface area (Å²) in [6.07, 6.45) is 2.87. The van der Waals surface area contributed by atoms with Gasteiger partial charge < -0.3 is 15.5 Å². The fourth-order valence-electron chi connectivity index (χ4n) is 5.33. The Morgan fingerprint density at radius 1 is 0.757 bits per heavy atom. The highest BCUT2D eigenvalue weighted by atomic mass is 16.2. The van der Waals surface area contributed by atoms with Gasteiger partial charge in [-0.05, 0) is 60.2 Å². The number of rotatable bonds is 7. The third kappa shape index (κ3) is 5.89. The van der Waals surface area contributed by atoms with Crippen molar-refractivity contribution < 1.29 is 9.59 Å². The van der Waals surface area contributed by atoms with Crippen LogP contribution < -0.4 is 15.5 Å². The van der Waals surface area contributed by atoms with Crippen molar-refractivity contribution in [1.29, 1.82) is 0 Å². The van der Waals surface area contributed by atoms with Crippen LogP contribution in [0.3, 0.4) is 0 Å². The van der Waals surface area contributed by atoms with Gasteiger partial charge in [-0.15, -0.1) is 0 Å². The number of benzene rings is 4. The van der Waals surface area contributed by atoms with Crippen LogP contribution in [0.2, 0.25) is 0 Å². The normalized spacial score (nSPS) is 13.8. The maximum atomic E-state index is 12.7. The van der Waals surface area contributed by atoms with E-state index in [-0.39, 0.29) is 6.03 Å². The van der Waals surface area contributed by atoms with Gasteiger partial charge in [-0.1, -0.05) is 78.9 Å². The molecule has 37 heavy (non-hydrogen) atoms. The molecule has 5 nitrogen and oxygen atoms in total. The molecule has 5 heteroatoms. The van der Waals surface area contributed by atoms with E-state index in [0.29, 0.717) is 23.1 Å². The molecular weight excluding hydrogens is 458 g/mol. The van der Waals surface area contributed by atoms with E-state index in [9.17, 15) is 9.59 Å². The van der Waals surface area contributed by atoms with Crippen LogP contribution in [0.5, 0.6) is 0 Å². The molecule has 1 aliphatic heterocycles. The van der Waals surface area contributed by atoms with Gasteiger partial charge in [0.2, 0.25) is 0 Å². The Balaban J connectivity index is 1.34. The third-order valence-electron chi connectivity index (χ3n) is 7.11. The van der Waals surface area contributed by atoms with Crippen molar-refractivity contribution >= 4 is 29.4 Å². The summed E-state index contributed by atoms with van der Waals surface area (Å²) < 4.78 is 0. The molecule has 1 fully saturated rings. The molecule has 186 valence electrons. The van der Waals surface area contributed by atoms with E-state index in [1.165, 1.54) is 11.1 Å². The average molecular weight is 490 g/mol. The molecule has 0 saturated carbocycles. The van der Waals surface area contributed by atoms with Crippen LogP contribution in [0.1, 0.15) is 40.2 Å². The first-order valence-electron chi connectivity index (χ1n) is 12.8. The summed E-state index contributed by atoms with van der Waals surface area (Å²) in [5.74, 6) is 0.827. The van der Waals surface area contributed by atoms with Crippen molar-refractivity contribution in [3.8, 4) is 0 Å². The average Bonchev–Trinajstić information content (AvgIpc) is 2.95. The first-order chi connectivity index (χ1) is 18.2. The minimum absolute atomic E-state index is 0.311. The van der Waals surface area contributed by atoms with Gasteiger partial charge >= 0.3 is 6.03 Å². The van der Waals surface area contributed by atoms with Crippen molar-refractivity contribution in [3.63, 3.8) is 0 Å². The van der Waals surface area contributed by atoms with E-state index in [0.717, 1.165) is 43.6 Å². The predicted octanol–water partition coefficient (Wildman–Crippen LogP) is 7.19. The smallest absolute Gasteiger partial charge is 0.323 e. The van der Waals surface area contributed by atoms with Crippen LogP contribution in [-0.2, 0) is 0 Å². The minimum atomic E-state index is -0.311. The number of nitrogens with one attached hydrogen (secondary N) is 2. The van der Waals surface area contributed by atoms with Gasteiger partial charge in [0.25, 0.3) is 0 Å². The zero-order valence-corrected chi connectivity index (χ0v) is 20.7. The van der Waals surface area contributed by atoms with Gasteiger partial charge in [-0.25, -0.2) is 4.79 Å². The maximum absolute atomic E-state index is 12.7. The number of hydrogen-bond acceptors (Lipinski definition) is 3. The quantitative estimate of drug-likeness (QED) is 0.270. The van der Waals surface area contributed by atoms with Crippen LogP contribution in [0, 0.1) is 5.92 Å². The molecule has 4 aromatic carbocycles. The second-order valence-electron chi connectivity index (χ2n) is 9.46. The number of anilines is 3. The van der Waals surface area contributed by atoms with Crippen molar-refractivity contribution in [2.24, 2.45) is 5.92 Å². The molecule has 0 radical (unpaired) electrons. The van der Waals surface area contributed by atoms with E-state index in [1.54, 1.807) is 6.07 Å². The summed E-state index contributed by atoms with van der Waals surface area (Å²) in [5.41, 5.74) is 5.57. The Morgan fingerprint density at radius 2 is 1.32 bits per heavy atom. The Morgan fingerprint density at radius 3 is 1.89 bits per heavy atom. The molecule has 0 unspecified atom stereocenters. The van der Waals surface area contributed by atoms with Gasteiger partial charge in [-0.2, -0.15) is 0 Å². The highest BCUT2D eigenvalue weighted by Crippen LogP contribution is 2.40. The van der Waals surface area contributed by atoms with E-state index < -0.39 is 0 Å². The molecule has 5 rings (SSSR count). The monoisotopic (exact) mass is 489 g/mol. The number of nitrogens with zero attached hydrogens (tertiary/aromatic N) is 1. The van der Waals surface area contributed by atoms with Crippen molar-refractivity contribution in [2.75, 3.05) is 28.6 Å². The molecule has 1 heterocycles. The standard InChI is InChI=1S/C32H31N3O2/c36-23-24-16-17-29(34-32(37)33-28-14-8-3-9-15-28)30(22-24)35-20-18-27(19-21-35)31(25-10-4-1-5-11-25)26-12-6-2-7-13-26/h1-17,22-23,27,31H,18-21H2,(H2,33,34,37). The zero-order chi connectivity index (χ0) is 25.5. The van der Waals surface area contributed by atoms with Gasteiger partial charge in [0.15, 0.2) is 0 Å². The van der Waals surface area contributed by atoms with Crippen molar-refractivity contribution in [2.45, 2.75) is 18.8 Å². The largest absolute Gasteiger partial charge is 0.370 e. The molecule has 2 amide bonds. The number of aldehydes is 1. The third-order valence-corrected chi connectivity index (χ3v) is 7.11. The molecule has 4 aromatic rings. The lowest BCUT2D eigenvalue weighted by Crippen LogP contribution is -2.36. The SMILES string of the molecule is O=Cc1ccc(NC(=O)Nc2ccccc2)c(N2CCC(C(c3ccccc3)c3ccccc3)CC2)c1. The topological polar surface area (TPSA) is 61.4 Å². The highest BCUT2D eigenvalue weighted by Gasteiger charge is 2.29. The molecule has 1 saturated heterocycles. The summed E-state index contributed by atoms with van der Waals surface area (Å²) in [7, 11) is 0. The Bertz CT molecular complexity index is 1280. The van der Waals surface area contributed by atoms with Crippen LogP contribution in [-0.4, -0.2) is 25.4 Å². The van der Waals surface area contributed by atoms with Gasteiger partial charge in [0, 0.05) is 30.3 Å².